The van der Waals surface area contributed by atoms with E-state index in [2.05, 4.69) is 25.5 Å². The number of carboxylic acid groups (broad SMARTS) is 1. The van der Waals surface area contributed by atoms with Gasteiger partial charge in [0.1, 0.15) is 0 Å². The largest absolute Gasteiger partial charge is 0.480 e. The average molecular weight is 201 g/mol. The molecule has 14 heavy (non-hydrogen) atoms. The molecule has 3 nitrogen and oxygen atoms in total. The van der Waals surface area contributed by atoms with E-state index in [-0.39, 0.29) is 6.54 Å². The summed E-state index contributed by atoms with van der Waals surface area (Å²) in [5.41, 5.74) is 4.57. The Morgan fingerprint density at radius 2 is 1.21 bits per heavy atom. The van der Waals surface area contributed by atoms with Crippen LogP contribution in [0.15, 0.2) is 38.0 Å². The number of aliphatic carboxylic acids is 1. The first-order valence-corrected chi connectivity index (χ1v) is 4.15. The van der Waals surface area contributed by atoms with Crippen LogP contribution in [-0.4, -0.2) is 17.6 Å². The first-order valence-electron chi connectivity index (χ1n) is 4.15. The minimum atomic E-state index is -0.968. The molecule has 0 aromatic heterocycles. The number of hydrogen-bond donors (Lipinski definition) is 2. The summed E-state index contributed by atoms with van der Waals surface area (Å²) in [6, 6.07) is 0. The molecular weight excluding hydrogens is 178 g/mol. The van der Waals surface area contributed by atoms with Gasteiger partial charge >= 0.3 is 5.97 Å². The SMILES string of the molecule is C=CC.C=CC.C=CC.NCC(=O)O. The van der Waals surface area contributed by atoms with Crippen molar-refractivity contribution in [3.8, 4) is 0 Å². The van der Waals surface area contributed by atoms with Gasteiger partial charge in [-0.2, -0.15) is 0 Å². The lowest BCUT2D eigenvalue weighted by molar-refractivity contribution is -0.135. The van der Waals surface area contributed by atoms with E-state index >= 15 is 0 Å². The first kappa shape index (κ1) is 22.9. The highest BCUT2D eigenvalue weighted by atomic mass is 16.4. The number of hydrogen-bond acceptors (Lipinski definition) is 2. The second-order valence-corrected chi connectivity index (χ2v) is 1.82. The number of allylic oxidation sites excluding steroid dienone is 3. The third-order valence-corrected chi connectivity index (χ3v) is 0.175. The molecule has 0 spiro atoms. The quantitative estimate of drug-likeness (QED) is 0.641. The molecule has 0 unspecified atom stereocenters. The lowest BCUT2D eigenvalue weighted by atomic mass is 10.7. The molecule has 0 aromatic carbocycles. The van der Waals surface area contributed by atoms with Gasteiger partial charge in [-0.05, 0) is 20.8 Å². The van der Waals surface area contributed by atoms with Gasteiger partial charge in [-0.15, -0.1) is 19.7 Å². The molecule has 0 aliphatic carbocycles. The minimum Gasteiger partial charge on any atom is -0.480 e. The molecule has 84 valence electrons. The van der Waals surface area contributed by atoms with Crippen molar-refractivity contribution >= 4 is 5.97 Å². The Hall–Kier alpha value is -1.35. The van der Waals surface area contributed by atoms with E-state index in [0.29, 0.717) is 0 Å². The predicted molar refractivity (Wildman–Crippen MR) is 64.3 cm³/mol. The minimum absolute atomic E-state index is 0.278. The van der Waals surface area contributed by atoms with Gasteiger partial charge in [-0.3, -0.25) is 4.79 Å². The Kier molecular flexibility index (Phi) is 67.8. The van der Waals surface area contributed by atoms with Crippen LogP contribution in [0.25, 0.3) is 0 Å². The van der Waals surface area contributed by atoms with Crippen molar-refractivity contribution in [3.05, 3.63) is 38.0 Å². The van der Waals surface area contributed by atoms with E-state index in [0.717, 1.165) is 0 Å². The zero-order chi connectivity index (χ0) is 12.4. The summed E-state index contributed by atoms with van der Waals surface area (Å²) >= 11 is 0. The molecule has 0 rings (SSSR count). The Bertz CT molecular complexity index is 117. The second-order valence-electron chi connectivity index (χ2n) is 1.82. The smallest absolute Gasteiger partial charge is 0.317 e. The third kappa shape index (κ3) is 2350. The fraction of sp³-hybridized carbons (Fsp3) is 0.364. The molecule has 0 saturated heterocycles. The van der Waals surface area contributed by atoms with E-state index in [1.807, 2.05) is 20.8 Å². The van der Waals surface area contributed by atoms with Crippen molar-refractivity contribution in [1.29, 1.82) is 0 Å². The topological polar surface area (TPSA) is 63.3 Å². The summed E-state index contributed by atoms with van der Waals surface area (Å²) in [5, 5.41) is 7.60. The zero-order valence-electron chi connectivity index (χ0n) is 9.49. The van der Waals surface area contributed by atoms with Crippen LogP contribution in [0, 0.1) is 0 Å². The summed E-state index contributed by atoms with van der Waals surface area (Å²) < 4.78 is 0. The average Bonchev–Trinajstić information content (AvgIpc) is 2.08. The van der Waals surface area contributed by atoms with Crippen LogP contribution in [0.2, 0.25) is 0 Å². The fourth-order valence-corrected chi connectivity index (χ4v) is 0. The molecule has 0 amide bonds. The number of nitrogens with two attached hydrogens (primary N) is 1. The van der Waals surface area contributed by atoms with Crippen LogP contribution < -0.4 is 5.73 Å². The highest BCUT2D eigenvalue weighted by Gasteiger charge is 1.81. The molecule has 0 bridgehead atoms. The summed E-state index contributed by atoms with van der Waals surface area (Å²) in [6.45, 7) is 15.5. The van der Waals surface area contributed by atoms with Crippen molar-refractivity contribution in [2.24, 2.45) is 5.73 Å². The van der Waals surface area contributed by atoms with E-state index in [1.54, 1.807) is 18.2 Å². The number of rotatable bonds is 1. The van der Waals surface area contributed by atoms with Crippen LogP contribution in [0.4, 0.5) is 0 Å². The zero-order valence-corrected chi connectivity index (χ0v) is 9.49. The standard InChI is InChI=1S/3C3H6.C2H5NO2/c3*1-3-2;3-1-2(4)5/h3*3H,1H2,2H3;1,3H2,(H,4,5). The summed E-state index contributed by atoms with van der Waals surface area (Å²) in [5.74, 6) is -0.968. The normalized spacial score (nSPS) is 5.43. The molecular formula is C11H23NO2. The molecule has 3 N–H and O–H groups in total. The molecule has 0 heterocycles. The Labute approximate surface area is 87.6 Å². The summed E-state index contributed by atoms with van der Waals surface area (Å²) in [7, 11) is 0. The van der Waals surface area contributed by atoms with Gasteiger partial charge in [0.15, 0.2) is 0 Å². The molecule has 0 radical (unpaired) electrons. The van der Waals surface area contributed by atoms with Crippen molar-refractivity contribution in [3.63, 3.8) is 0 Å². The van der Waals surface area contributed by atoms with Gasteiger partial charge in [-0.25, -0.2) is 0 Å². The number of carbonyl (C=O) groups is 1. The second kappa shape index (κ2) is 41.4. The maximum atomic E-state index is 9.24. The molecule has 0 aliphatic heterocycles. The Morgan fingerprint density at radius 1 is 1.14 bits per heavy atom. The lowest BCUT2D eigenvalue weighted by Gasteiger charge is -1.73. The maximum Gasteiger partial charge on any atom is 0.317 e. The van der Waals surface area contributed by atoms with Crippen molar-refractivity contribution in [2.75, 3.05) is 6.54 Å². The van der Waals surface area contributed by atoms with Gasteiger partial charge in [-0.1, -0.05) is 18.2 Å². The molecule has 0 aromatic rings. The van der Waals surface area contributed by atoms with E-state index < -0.39 is 5.97 Å². The van der Waals surface area contributed by atoms with E-state index in [1.165, 1.54) is 0 Å². The molecule has 0 atom stereocenters. The van der Waals surface area contributed by atoms with Crippen LogP contribution in [0.5, 0.6) is 0 Å². The first-order chi connectivity index (χ1) is 6.51. The van der Waals surface area contributed by atoms with Gasteiger partial charge < -0.3 is 10.8 Å². The van der Waals surface area contributed by atoms with Gasteiger partial charge in [0.05, 0.1) is 6.54 Å². The fourth-order valence-electron chi connectivity index (χ4n) is 0. The van der Waals surface area contributed by atoms with Crippen molar-refractivity contribution < 1.29 is 9.90 Å². The van der Waals surface area contributed by atoms with Crippen molar-refractivity contribution in [1.82, 2.24) is 0 Å². The molecule has 0 fully saturated rings. The van der Waals surface area contributed by atoms with Gasteiger partial charge in [0.2, 0.25) is 0 Å². The monoisotopic (exact) mass is 201 g/mol. The molecule has 0 saturated carbocycles. The highest BCUT2D eigenvalue weighted by molar-refractivity contribution is 5.68. The Balaban J connectivity index is -0.0000000495. The van der Waals surface area contributed by atoms with Crippen LogP contribution in [0.1, 0.15) is 20.8 Å². The van der Waals surface area contributed by atoms with Gasteiger partial charge in [0.25, 0.3) is 0 Å². The third-order valence-electron chi connectivity index (χ3n) is 0.175. The van der Waals surface area contributed by atoms with E-state index in [4.69, 9.17) is 5.11 Å². The lowest BCUT2D eigenvalue weighted by Crippen LogP contribution is -2.10. The predicted octanol–water partition coefficient (Wildman–Crippen LogP) is 2.61. The molecule has 0 aliphatic rings. The van der Waals surface area contributed by atoms with Crippen LogP contribution >= 0.6 is 0 Å². The van der Waals surface area contributed by atoms with E-state index in [9.17, 15) is 4.79 Å². The summed E-state index contributed by atoms with van der Waals surface area (Å²) in [6.07, 6.45) is 5.25. The van der Waals surface area contributed by atoms with Crippen LogP contribution in [0.3, 0.4) is 0 Å². The van der Waals surface area contributed by atoms with Crippen molar-refractivity contribution in [2.45, 2.75) is 20.8 Å². The number of carboxylic acids is 1. The van der Waals surface area contributed by atoms with Gasteiger partial charge in [0, 0.05) is 0 Å². The van der Waals surface area contributed by atoms with Crippen LogP contribution in [-0.2, 0) is 4.79 Å². The molecule has 3 heteroatoms. The maximum absolute atomic E-state index is 9.24. The summed E-state index contributed by atoms with van der Waals surface area (Å²) in [4.78, 5) is 9.24. The highest BCUT2D eigenvalue weighted by Crippen LogP contribution is 1.43. The Morgan fingerprint density at radius 3 is 1.21 bits per heavy atom.